The van der Waals surface area contributed by atoms with Crippen LogP contribution in [0.15, 0.2) is 51.8 Å². The molecule has 1 N–H and O–H groups in total. The molecule has 6 heteroatoms. The first kappa shape index (κ1) is 22.8. The number of rotatable bonds is 7. The van der Waals surface area contributed by atoms with Gasteiger partial charge in [-0.1, -0.05) is 48.8 Å². The molecule has 1 atom stereocenters. The van der Waals surface area contributed by atoms with Gasteiger partial charge in [-0.2, -0.15) is 0 Å². The maximum Gasteiger partial charge on any atom is 0.315 e. The van der Waals surface area contributed by atoms with E-state index in [0.717, 1.165) is 37.3 Å². The first-order chi connectivity index (χ1) is 14.2. The van der Waals surface area contributed by atoms with Crippen molar-refractivity contribution in [3.63, 3.8) is 0 Å². The highest BCUT2D eigenvalue weighted by Crippen LogP contribution is 2.43. The van der Waals surface area contributed by atoms with Gasteiger partial charge in [-0.3, -0.25) is 4.79 Å². The summed E-state index contributed by atoms with van der Waals surface area (Å²) < 4.78 is 11.9. The Morgan fingerprint density at radius 2 is 1.97 bits per heavy atom. The molecular weight excluding hydrogens is 462 g/mol. The van der Waals surface area contributed by atoms with Gasteiger partial charge in [0.25, 0.3) is 0 Å². The molecule has 0 saturated carbocycles. The maximum atomic E-state index is 13.1. The first-order valence-corrected chi connectivity index (χ1v) is 11.6. The minimum Gasteiger partial charge on any atom is -0.497 e. The monoisotopic (exact) mass is 489 g/mol. The average Bonchev–Trinajstić information content (AvgIpc) is 3.02. The maximum absolute atomic E-state index is 13.1. The lowest BCUT2D eigenvalue weighted by Crippen LogP contribution is -2.20. The van der Waals surface area contributed by atoms with Gasteiger partial charge < -0.3 is 14.5 Å². The number of hydrogen-bond donors (Lipinski definition) is 1. The number of nitrogens with one attached hydrogen (secondary N) is 1. The largest absolute Gasteiger partial charge is 0.497 e. The molecule has 3 rings (SSSR count). The molecule has 1 aromatic heterocycles. The number of fused-ring (bicyclic) bond motifs is 1. The molecule has 0 bridgehead atoms. The molecule has 0 amide bonds. The average molecular weight is 490 g/mol. The fourth-order valence-electron chi connectivity index (χ4n) is 3.40. The molecule has 0 aliphatic heterocycles. The number of hydrogen-bond acceptors (Lipinski definition) is 4. The molecule has 4 nitrogen and oxygen atoms in total. The zero-order valence-corrected chi connectivity index (χ0v) is 20.4. The minimum atomic E-state index is -0.428. The standard InChI is InChI=1S/C24H28BrNO3S/c1-6-29-23(27)19(13-15-8-7-9-16(25)12-15)21-22(30-24(2,3)4)18-14-17(28-5)10-11-20(18)26-21/h7-12,14,19,26H,6,13H2,1-5H3. The zero-order chi connectivity index (χ0) is 21.9. The van der Waals surface area contributed by atoms with Gasteiger partial charge in [0.1, 0.15) is 11.7 Å². The first-order valence-electron chi connectivity index (χ1n) is 10.0. The van der Waals surface area contributed by atoms with Crippen LogP contribution in [0.25, 0.3) is 10.9 Å². The minimum absolute atomic E-state index is 0.0259. The molecule has 1 unspecified atom stereocenters. The summed E-state index contributed by atoms with van der Waals surface area (Å²) in [4.78, 5) is 17.7. The van der Waals surface area contributed by atoms with Gasteiger partial charge in [0, 0.05) is 30.7 Å². The van der Waals surface area contributed by atoms with E-state index in [4.69, 9.17) is 9.47 Å². The van der Waals surface area contributed by atoms with Crippen LogP contribution in [0.2, 0.25) is 0 Å². The van der Waals surface area contributed by atoms with Crippen molar-refractivity contribution < 1.29 is 14.3 Å². The molecule has 0 fully saturated rings. The number of aromatic amines is 1. The number of benzene rings is 2. The third kappa shape index (κ3) is 5.41. The fourth-order valence-corrected chi connectivity index (χ4v) is 5.04. The van der Waals surface area contributed by atoms with Crippen molar-refractivity contribution in [1.82, 2.24) is 4.98 Å². The smallest absolute Gasteiger partial charge is 0.315 e. The van der Waals surface area contributed by atoms with Gasteiger partial charge in [0.05, 0.1) is 13.7 Å². The van der Waals surface area contributed by atoms with E-state index in [9.17, 15) is 4.79 Å². The molecule has 30 heavy (non-hydrogen) atoms. The van der Waals surface area contributed by atoms with Crippen LogP contribution in [-0.2, 0) is 16.0 Å². The highest BCUT2D eigenvalue weighted by molar-refractivity contribution is 9.10. The molecule has 0 spiro atoms. The molecule has 0 aliphatic rings. The van der Waals surface area contributed by atoms with Crippen LogP contribution in [0.4, 0.5) is 0 Å². The van der Waals surface area contributed by atoms with Crippen LogP contribution in [0.1, 0.15) is 44.9 Å². The lowest BCUT2D eigenvalue weighted by molar-refractivity contribution is -0.145. The summed E-state index contributed by atoms with van der Waals surface area (Å²) >= 11 is 5.29. The zero-order valence-electron chi connectivity index (χ0n) is 18.0. The van der Waals surface area contributed by atoms with E-state index < -0.39 is 5.92 Å². The normalized spacial score (nSPS) is 12.7. The van der Waals surface area contributed by atoms with E-state index in [1.165, 1.54) is 0 Å². The van der Waals surface area contributed by atoms with Crippen molar-refractivity contribution in [2.45, 2.75) is 49.7 Å². The van der Waals surface area contributed by atoms with E-state index in [-0.39, 0.29) is 10.7 Å². The van der Waals surface area contributed by atoms with E-state index >= 15 is 0 Å². The highest BCUT2D eigenvalue weighted by Gasteiger charge is 2.30. The predicted octanol–water partition coefficient (Wildman–Crippen LogP) is 6.72. The van der Waals surface area contributed by atoms with Crippen LogP contribution in [0, 0.1) is 0 Å². The number of carbonyl (C=O) groups is 1. The Balaban J connectivity index is 2.16. The summed E-state index contributed by atoms with van der Waals surface area (Å²) in [5, 5.41) is 1.06. The quantitative estimate of drug-likeness (QED) is 0.295. The number of ether oxygens (including phenoxy) is 2. The number of carbonyl (C=O) groups excluding carboxylic acids is 1. The Kier molecular flexibility index (Phi) is 7.19. The third-order valence-corrected chi connectivity index (χ3v) is 6.39. The second kappa shape index (κ2) is 9.48. The predicted molar refractivity (Wildman–Crippen MR) is 128 cm³/mol. The van der Waals surface area contributed by atoms with Crippen LogP contribution in [-0.4, -0.2) is 29.4 Å². The van der Waals surface area contributed by atoms with Gasteiger partial charge in [-0.05, 0) is 49.2 Å². The Labute approximate surface area is 190 Å². The van der Waals surface area contributed by atoms with Crippen LogP contribution in [0.3, 0.4) is 0 Å². The van der Waals surface area contributed by atoms with E-state index in [2.05, 4.69) is 47.8 Å². The molecule has 0 saturated heterocycles. The van der Waals surface area contributed by atoms with Crippen molar-refractivity contribution >= 4 is 44.6 Å². The van der Waals surface area contributed by atoms with Crippen LogP contribution >= 0.6 is 27.7 Å². The lowest BCUT2D eigenvalue weighted by atomic mass is 9.96. The van der Waals surface area contributed by atoms with Crippen molar-refractivity contribution in [3.05, 3.63) is 58.2 Å². The Morgan fingerprint density at radius 1 is 1.20 bits per heavy atom. The summed E-state index contributed by atoms with van der Waals surface area (Å²) in [5.74, 6) is 0.151. The molecule has 2 aromatic carbocycles. The van der Waals surface area contributed by atoms with Crippen LogP contribution < -0.4 is 4.74 Å². The summed E-state index contributed by atoms with van der Waals surface area (Å²) in [6.45, 7) is 8.72. The Bertz CT molecular complexity index is 1040. The number of aromatic nitrogens is 1. The van der Waals surface area contributed by atoms with Crippen molar-refractivity contribution in [2.75, 3.05) is 13.7 Å². The number of methoxy groups -OCH3 is 1. The molecule has 3 aromatic rings. The van der Waals surface area contributed by atoms with E-state index in [1.54, 1.807) is 18.9 Å². The molecule has 0 radical (unpaired) electrons. The third-order valence-electron chi connectivity index (χ3n) is 4.64. The van der Waals surface area contributed by atoms with Crippen LogP contribution in [0.5, 0.6) is 5.75 Å². The van der Waals surface area contributed by atoms with Crippen molar-refractivity contribution in [1.29, 1.82) is 0 Å². The van der Waals surface area contributed by atoms with Gasteiger partial charge >= 0.3 is 5.97 Å². The van der Waals surface area contributed by atoms with Crippen molar-refractivity contribution in [3.8, 4) is 5.75 Å². The SMILES string of the molecule is CCOC(=O)C(Cc1cccc(Br)c1)c1[nH]c2ccc(OC)cc2c1SC(C)(C)C. The topological polar surface area (TPSA) is 51.3 Å². The number of halogens is 1. The lowest BCUT2D eigenvalue weighted by Gasteiger charge is -2.21. The molecule has 1 heterocycles. The fraction of sp³-hybridized carbons (Fsp3) is 0.375. The molecular formula is C24H28BrNO3S. The highest BCUT2D eigenvalue weighted by atomic mass is 79.9. The number of esters is 1. The van der Waals surface area contributed by atoms with Gasteiger partial charge in [-0.15, -0.1) is 11.8 Å². The van der Waals surface area contributed by atoms with Gasteiger partial charge in [0.2, 0.25) is 0 Å². The Hall–Kier alpha value is -1.92. The Morgan fingerprint density at radius 3 is 2.60 bits per heavy atom. The van der Waals surface area contributed by atoms with Crippen molar-refractivity contribution in [2.24, 2.45) is 0 Å². The van der Waals surface area contributed by atoms with E-state index in [1.807, 2.05) is 43.3 Å². The second-order valence-corrected chi connectivity index (χ2v) is 10.9. The number of H-pyrrole nitrogens is 1. The summed E-state index contributed by atoms with van der Waals surface area (Å²) in [5.41, 5.74) is 2.96. The second-order valence-electron chi connectivity index (χ2n) is 8.13. The molecule has 160 valence electrons. The molecule has 0 aliphatic carbocycles. The van der Waals surface area contributed by atoms with Gasteiger partial charge in [-0.25, -0.2) is 0 Å². The van der Waals surface area contributed by atoms with Gasteiger partial charge in [0.15, 0.2) is 0 Å². The van der Waals surface area contributed by atoms with E-state index in [0.29, 0.717) is 13.0 Å². The number of thioether (sulfide) groups is 1. The summed E-state index contributed by atoms with van der Waals surface area (Å²) in [6.07, 6.45) is 0.555. The summed E-state index contributed by atoms with van der Waals surface area (Å²) in [7, 11) is 1.67. The summed E-state index contributed by atoms with van der Waals surface area (Å²) in [6, 6.07) is 14.0.